The minimum atomic E-state index is 0.398. The third-order valence-corrected chi connectivity index (χ3v) is 9.62. The molecule has 0 amide bonds. The second-order valence-corrected chi connectivity index (χ2v) is 11.0. The summed E-state index contributed by atoms with van der Waals surface area (Å²) in [5, 5.41) is 9.36. The van der Waals surface area contributed by atoms with Gasteiger partial charge in [0.15, 0.2) is 0 Å². The van der Waals surface area contributed by atoms with Gasteiger partial charge in [0.25, 0.3) is 0 Å². The third kappa shape index (κ3) is 5.55. The second kappa shape index (κ2) is 11.4. The molecule has 0 saturated heterocycles. The summed E-state index contributed by atoms with van der Waals surface area (Å²) in [5.74, 6) is 7.93. The average Bonchev–Trinajstić information content (AvgIpc) is 2.74. The first-order chi connectivity index (χ1) is 13.7. The van der Waals surface area contributed by atoms with Gasteiger partial charge in [-0.25, -0.2) is 0 Å². The van der Waals surface area contributed by atoms with E-state index in [9.17, 15) is 5.11 Å². The van der Waals surface area contributed by atoms with Gasteiger partial charge in [0.2, 0.25) is 0 Å². The van der Waals surface area contributed by atoms with Gasteiger partial charge in [-0.1, -0.05) is 65.7 Å². The van der Waals surface area contributed by atoms with Crippen LogP contribution in [0.1, 0.15) is 117 Å². The number of rotatable bonds is 8. The van der Waals surface area contributed by atoms with Crippen molar-refractivity contribution in [2.75, 3.05) is 6.61 Å². The topological polar surface area (TPSA) is 20.2 Å². The summed E-state index contributed by atoms with van der Waals surface area (Å²) in [7, 11) is 0. The molecule has 0 radical (unpaired) electrons. The van der Waals surface area contributed by atoms with Crippen molar-refractivity contribution in [3.63, 3.8) is 0 Å². The van der Waals surface area contributed by atoms with Gasteiger partial charge >= 0.3 is 0 Å². The van der Waals surface area contributed by atoms with Crippen molar-refractivity contribution in [1.82, 2.24) is 0 Å². The molecular weight excluding hydrogens is 340 g/mol. The second-order valence-electron chi connectivity index (χ2n) is 11.0. The van der Waals surface area contributed by atoms with E-state index >= 15 is 0 Å². The van der Waals surface area contributed by atoms with Crippen molar-refractivity contribution in [3.05, 3.63) is 0 Å². The molecule has 3 fully saturated rings. The predicted molar refractivity (Wildman–Crippen MR) is 121 cm³/mol. The van der Waals surface area contributed by atoms with Crippen LogP contribution in [0.5, 0.6) is 0 Å². The average molecular weight is 391 g/mol. The van der Waals surface area contributed by atoms with Crippen molar-refractivity contribution >= 4 is 0 Å². The Balaban J connectivity index is 1.54. The van der Waals surface area contributed by atoms with Gasteiger partial charge in [0.05, 0.1) is 0 Å². The monoisotopic (exact) mass is 390 g/mol. The molecule has 0 aromatic carbocycles. The van der Waals surface area contributed by atoms with Gasteiger partial charge in [-0.3, -0.25) is 0 Å². The first-order valence-corrected chi connectivity index (χ1v) is 13.3. The first-order valence-electron chi connectivity index (χ1n) is 13.3. The molecule has 1 heteroatoms. The van der Waals surface area contributed by atoms with Gasteiger partial charge in [0.1, 0.15) is 0 Å². The number of aliphatic hydroxyl groups excluding tert-OH is 1. The molecule has 6 atom stereocenters. The largest absolute Gasteiger partial charge is 0.396 e. The van der Waals surface area contributed by atoms with Gasteiger partial charge in [0, 0.05) is 6.61 Å². The lowest BCUT2D eigenvalue weighted by Crippen LogP contribution is -2.38. The van der Waals surface area contributed by atoms with Gasteiger partial charge in [-0.2, -0.15) is 0 Å². The highest BCUT2D eigenvalue weighted by atomic mass is 16.3. The molecule has 164 valence electrons. The van der Waals surface area contributed by atoms with Crippen LogP contribution in [0.25, 0.3) is 0 Å². The smallest absolute Gasteiger partial charge is 0.0433 e. The van der Waals surface area contributed by atoms with Crippen LogP contribution in [0.4, 0.5) is 0 Å². The van der Waals surface area contributed by atoms with Gasteiger partial charge < -0.3 is 5.11 Å². The maximum atomic E-state index is 9.36. The normalized spacial score (nSPS) is 42.4. The number of aliphatic hydroxyl groups is 1. The van der Waals surface area contributed by atoms with Crippen LogP contribution in [0.15, 0.2) is 0 Å². The van der Waals surface area contributed by atoms with Crippen LogP contribution in [0.2, 0.25) is 0 Å². The van der Waals surface area contributed by atoms with Crippen molar-refractivity contribution < 1.29 is 5.11 Å². The van der Waals surface area contributed by atoms with Crippen molar-refractivity contribution in [1.29, 1.82) is 0 Å². The van der Waals surface area contributed by atoms with Crippen molar-refractivity contribution in [2.24, 2.45) is 47.3 Å². The highest BCUT2D eigenvalue weighted by molar-refractivity contribution is 4.91. The lowest BCUT2D eigenvalue weighted by molar-refractivity contribution is 0.0273. The molecular formula is C27H50O. The minimum absolute atomic E-state index is 0.398. The van der Waals surface area contributed by atoms with Crippen molar-refractivity contribution in [2.45, 2.75) is 117 Å². The number of hydrogen-bond acceptors (Lipinski definition) is 1. The fourth-order valence-corrected chi connectivity index (χ4v) is 8.04. The Morgan fingerprint density at radius 2 is 1.18 bits per heavy atom. The van der Waals surface area contributed by atoms with Crippen LogP contribution < -0.4 is 0 Å². The summed E-state index contributed by atoms with van der Waals surface area (Å²) in [6, 6.07) is 0. The maximum absolute atomic E-state index is 9.36. The zero-order chi connectivity index (χ0) is 19.9. The summed E-state index contributed by atoms with van der Waals surface area (Å²) >= 11 is 0. The van der Waals surface area contributed by atoms with Crippen LogP contribution in [0.3, 0.4) is 0 Å². The van der Waals surface area contributed by atoms with Crippen LogP contribution in [0, 0.1) is 47.3 Å². The molecule has 0 heterocycles. The molecule has 1 N–H and O–H groups in total. The summed E-state index contributed by atoms with van der Waals surface area (Å²) in [4.78, 5) is 0. The fraction of sp³-hybridized carbons (Fsp3) is 1.00. The standard InChI is InChI=1S/C27H50O/c1-4-7-20-8-11-24(12-9-20)26-15-13-25(19-23(26)6-3)27-14-10-21(16-17-28)18-22(27)5-2/h20-28H,4-19H2,1-3H3. The molecule has 0 bridgehead atoms. The first kappa shape index (κ1) is 22.6. The molecule has 3 rings (SSSR count). The minimum Gasteiger partial charge on any atom is -0.396 e. The molecule has 3 aliphatic rings. The molecule has 0 aromatic heterocycles. The Morgan fingerprint density at radius 1 is 0.607 bits per heavy atom. The zero-order valence-corrected chi connectivity index (χ0v) is 19.4. The van der Waals surface area contributed by atoms with Crippen molar-refractivity contribution in [3.8, 4) is 0 Å². The van der Waals surface area contributed by atoms with E-state index in [0.29, 0.717) is 6.61 Å². The quantitative estimate of drug-likeness (QED) is 0.447. The van der Waals surface area contributed by atoms with E-state index in [2.05, 4.69) is 20.8 Å². The van der Waals surface area contributed by atoms with E-state index in [1.807, 2.05) is 0 Å². The highest BCUT2D eigenvalue weighted by Crippen LogP contribution is 2.51. The van der Waals surface area contributed by atoms with Gasteiger partial charge in [-0.15, -0.1) is 0 Å². The van der Waals surface area contributed by atoms with E-state index in [-0.39, 0.29) is 0 Å². The molecule has 0 aliphatic heterocycles. The van der Waals surface area contributed by atoms with E-state index < -0.39 is 0 Å². The summed E-state index contributed by atoms with van der Waals surface area (Å²) in [6.45, 7) is 7.67. The maximum Gasteiger partial charge on any atom is 0.0433 e. The summed E-state index contributed by atoms with van der Waals surface area (Å²) in [6.07, 6.45) is 21.7. The Bertz CT molecular complexity index is 424. The molecule has 1 nitrogen and oxygen atoms in total. The van der Waals surface area contributed by atoms with Gasteiger partial charge in [-0.05, 0) is 98.7 Å². The Labute approximate surface area is 176 Å². The van der Waals surface area contributed by atoms with Crippen LogP contribution >= 0.6 is 0 Å². The SMILES string of the molecule is CCCC1CCC(C2CCC(C3CCC(CCO)CC3CC)CC2CC)CC1. The van der Waals surface area contributed by atoms with Crippen LogP contribution in [-0.2, 0) is 0 Å². The fourth-order valence-electron chi connectivity index (χ4n) is 8.04. The van der Waals surface area contributed by atoms with E-state index in [1.165, 1.54) is 64.2 Å². The Kier molecular flexibility index (Phi) is 9.20. The number of hydrogen-bond donors (Lipinski definition) is 1. The lowest BCUT2D eigenvalue weighted by atomic mass is 9.58. The Morgan fingerprint density at radius 3 is 1.82 bits per heavy atom. The molecule has 28 heavy (non-hydrogen) atoms. The lowest BCUT2D eigenvalue weighted by Gasteiger charge is -2.47. The molecule has 3 aliphatic carbocycles. The zero-order valence-electron chi connectivity index (χ0n) is 19.4. The summed E-state index contributed by atoms with van der Waals surface area (Å²) in [5.41, 5.74) is 0. The molecule has 3 saturated carbocycles. The molecule has 0 spiro atoms. The van der Waals surface area contributed by atoms with E-state index in [4.69, 9.17) is 0 Å². The molecule has 0 aromatic rings. The molecule has 6 unspecified atom stereocenters. The Hall–Kier alpha value is -0.0400. The highest BCUT2D eigenvalue weighted by Gasteiger charge is 2.41. The van der Waals surface area contributed by atoms with E-state index in [1.54, 1.807) is 25.7 Å². The third-order valence-electron chi connectivity index (χ3n) is 9.62. The predicted octanol–water partition coefficient (Wildman–Crippen LogP) is 7.86. The van der Waals surface area contributed by atoms with Crippen LogP contribution in [-0.4, -0.2) is 11.7 Å². The van der Waals surface area contributed by atoms with E-state index in [0.717, 1.165) is 53.8 Å². The summed E-state index contributed by atoms with van der Waals surface area (Å²) < 4.78 is 0.